The van der Waals surface area contributed by atoms with E-state index in [1.54, 1.807) is 18.2 Å². The highest BCUT2D eigenvalue weighted by Crippen LogP contribution is 2.32. The van der Waals surface area contributed by atoms with E-state index in [0.717, 1.165) is 11.8 Å². The molecule has 0 aliphatic rings. The molecule has 0 atom stereocenters. The van der Waals surface area contributed by atoms with Gasteiger partial charge in [0.05, 0.1) is 18.4 Å². The van der Waals surface area contributed by atoms with Crippen molar-refractivity contribution in [3.05, 3.63) is 53.3 Å². The molecule has 1 amide bonds. The number of hydrogen-bond acceptors (Lipinski definition) is 6. The van der Waals surface area contributed by atoms with Crippen molar-refractivity contribution in [3.63, 3.8) is 0 Å². The molecule has 9 heteroatoms. The Bertz CT molecular complexity index is 918. The minimum Gasteiger partial charge on any atom is -0.496 e. The molecule has 1 N–H and O–H groups in total. The first kappa shape index (κ1) is 18.2. The average molecular weight is 394 g/mol. The highest BCUT2D eigenvalue weighted by atomic mass is 35.5. The molecule has 0 bridgehead atoms. The molecule has 2 aromatic carbocycles. The summed E-state index contributed by atoms with van der Waals surface area (Å²) in [5, 5.41) is 11.3. The predicted octanol–water partition coefficient (Wildman–Crippen LogP) is 4.27. The fourth-order valence-electron chi connectivity index (χ4n) is 2.08. The van der Waals surface area contributed by atoms with Crippen LogP contribution in [0.15, 0.2) is 52.1 Å². The summed E-state index contributed by atoms with van der Waals surface area (Å²) < 4.78 is 23.7. The summed E-state index contributed by atoms with van der Waals surface area (Å²) in [4.78, 5) is 11.9. The first-order valence-corrected chi connectivity index (χ1v) is 8.77. The van der Waals surface area contributed by atoms with Crippen molar-refractivity contribution in [2.24, 2.45) is 0 Å². The number of rotatable bonds is 6. The lowest BCUT2D eigenvalue weighted by atomic mass is 10.2. The van der Waals surface area contributed by atoms with Crippen LogP contribution in [0.5, 0.6) is 5.75 Å². The molecule has 0 unspecified atom stereocenters. The van der Waals surface area contributed by atoms with E-state index in [1.807, 2.05) is 0 Å². The molecule has 1 aromatic heterocycles. The smallest absolute Gasteiger partial charge is 0.277 e. The fourth-order valence-corrected chi connectivity index (χ4v) is 2.82. The van der Waals surface area contributed by atoms with Crippen molar-refractivity contribution in [2.75, 3.05) is 18.2 Å². The largest absolute Gasteiger partial charge is 0.496 e. The predicted molar refractivity (Wildman–Crippen MR) is 97.0 cm³/mol. The van der Waals surface area contributed by atoms with Gasteiger partial charge in [0, 0.05) is 10.7 Å². The van der Waals surface area contributed by atoms with Crippen LogP contribution in [0, 0.1) is 5.82 Å². The molecule has 0 saturated heterocycles. The van der Waals surface area contributed by atoms with Crippen LogP contribution in [-0.4, -0.2) is 29.0 Å². The lowest BCUT2D eigenvalue weighted by Crippen LogP contribution is -2.13. The molecule has 6 nitrogen and oxygen atoms in total. The number of carbonyl (C=O) groups is 1. The number of ether oxygens (including phenoxy) is 1. The van der Waals surface area contributed by atoms with Crippen molar-refractivity contribution in [3.8, 4) is 17.2 Å². The van der Waals surface area contributed by atoms with Crippen LogP contribution in [0.4, 0.5) is 10.1 Å². The Balaban J connectivity index is 1.63. The second-order valence-electron chi connectivity index (χ2n) is 5.06. The van der Waals surface area contributed by atoms with E-state index >= 15 is 0 Å². The molecule has 0 saturated carbocycles. The van der Waals surface area contributed by atoms with Crippen LogP contribution >= 0.6 is 23.4 Å². The van der Waals surface area contributed by atoms with Gasteiger partial charge in [-0.1, -0.05) is 23.4 Å². The van der Waals surface area contributed by atoms with Crippen molar-refractivity contribution < 1.29 is 18.3 Å². The van der Waals surface area contributed by atoms with Crippen molar-refractivity contribution >= 4 is 35.0 Å². The van der Waals surface area contributed by atoms with Gasteiger partial charge in [0.25, 0.3) is 11.1 Å². The minimum absolute atomic E-state index is 0.0612. The van der Waals surface area contributed by atoms with E-state index < -0.39 is 0 Å². The van der Waals surface area contributed by atoms with Gasteiger partial charge in [0.1, 0.15) is 11.6 Å². The number of nitrogens with one attached hydrogen (secondary N) is 1. The monoisotopic (exact) mass is 393 g/mol. The zero-order chi connectivity index (χ0) is 18.5. The first-order chi connectivity index (χ1) is 12.5. The number of carbonyl (C=O) groups excluding carboxylic acids is 1. The van der Waals surface area contributed by atoms with Crippen molar-refractivity contribution in [2.45, 2.75) is 5.22 Å². The number of benzene rings is 2. The maximum Gasteiger partial charge on any atom is 0.277 e. The van der Waals surface area contributed by atoms with Crippen LogP contribution in [0.2, 0.25) is 5.02 Å². The van der Waals surface area contributed by atoms with Gasteiger partial charge in [-0.2, -0.15) is 0 Å². The molecule has 0 radical (unpaired) electrons. The zero-order valence-electron chi connectivity index (χ0n) is 13.5. The summed E-state index contributed by atoms with van der Waals surface area (Å²) in [6, 6.07) is 10.5. The van der Waals surface area contributed by atoms with Gasteiger partial charge in [0.2, 0.25) is 5.91 Å². The standard InChI is InChI=1S/C17H13ClFN3O3S/c1-24-14-7-2-10(18)8-13(14)16-21-22-17(25-16)26-9-15(23)20-12-5-3-11(19)4-6-12/h2-8H,9H2,1H3,(H,20,23). The quantitative estimate of drug-likeness (QED) is 0.630. The minimum atomic E-state index is -0.368. The molecule has 3 rings (SSSR count). The Hall–Kier alpha value is -2.58. The number of anilines is 1. The number of aromatic nitrogens is 2. The van der Waals surface area contributed by atoms with E-state index in [4.69, 9.17) is 20.8 Å². The summed E-state index contributed by atoms with van der Waals surface area (Å²) in [5.74, 6) is 0.203. The maximum atomic E-state index is 12.9. The van der Waals surface area contributed by atoms with Crippen LogP contribution in [0.3, 0.4) is 0 Å². The highest BCUT2D eigenvalue weighted by Gasteiger charge is 2.15. The Morgan fingerprint density at radius 3 is 2.77 bits per heavy atom. The number of halogens is 2. The van der Waals surface area contributed by atoms with Crippen molar-refractivity contribution in [1.29, 1.82) is 0 Å². The van der Waals surface area contributed by atoms with Crippen LogP contribution in [0.25, 0.3) is 11.5 Å². The SMILES string of the molecule is COc1ccc(Cl)cc1-c1nnc(SCC(=O)Nc2ccc(F)cc2)o1. The fraction of sp³-hybridized carbons (Fsp3) is 0.118. The molecule has 0 aliphatic heterocycles. The third-order valence-electron chi connectivity index (χ3n) is 3.25. The highest BCUT2D eigenvalue weighted by molar-refractivity contribution is 7.99. The molecule has 26 heavy (non-hydrogen) atoms. The normalized spacial score (nSPS) is 10.6. The molecular weight excluding hydrogens is 381 g/mol. The number of nitrogens with zero attached hydrogens (tertiary/aromatic N) is 2. The van der Waals surface area contributed by atoms with Gasteiger partial charge in [0.15, 0.2) is 0 Å². The average Bonchev–Trinajstić information content (AvgIpc) is 3.11. The van der Waals surface area contributed by atoms with E-state index in [-0.39, 0.29) is 28.6 Å². The molecule has 134 valence electrons. The number of thioether (sulfide) groups is 1. The second kappa shape index (κ2) is 8.20. The van der Waals surface area contributed by atoms with E-state index in [2.05, 4.69) is 15.5 Å². The summed E-state index contributed by atoms with van der Waals surface area (Å²) in [7, 11) is 1.53. The maximum absolute atomic E-state index is 12.9. The van der Waals surface area contributed by atoms with Gasteiger partial charge in [-0.15, -0.1) is 10.2 Å². The molecule has 0 aliphatic carbocycles. The van der Waals surface area contributed by atoms with Crippen molar-refractivity contribution in [1.82, 2.24) is 10.2 Å². The summed E-state index contributed by atoms with van der Waals surface area (Å²) >= 11 is 7.08. The van der Waals surface area contributed by atoms with Gasteiger partial charge >= 0.3 is 0 Å². The Morgan fingerprint density at radius 2 is 2.04 bits per heavy atom. The topological polar surface area (TPSA) is 77.2 Å². The molecule has 1 heterocycles. The van der Waals surface area contributed by atoms with Gasteiger partial charge in [-0.25, -0.2) is 4.39 Å². The Morgan fingerprint density at radius 1 is 1.27 bits per heavy atom. The zero-order valence-corrected chi connectivity index (χ0v) is 15.1. The van der Waals surface area contributed by atoms with Crippen LogP contribution in [0.1, 0.15) is 0 Å². The number of methoxy groups -OCH3 is 1. The first-order valence-electron chi connectivity index (χ1n) is 7.41. The van der Waals surface area contributed by atoms with Gasteiger partial charge in [-0.3, -0.25) is 4.79 Å². The molecular formula is C17H13ClFN3O3S. The van der Waals surface area contributed by atoms with E-state index in [9.17, 15) is 9.18 Å². The second-order valence-corrected chi connectivity index (χ2v) is 6.42. The lowest BCUT2D eigenvalue weighted by molar-refractivity contribution is -0.113. The summed E-state index contributed by atoms with van der Waals surface area (Å²) in [6.45, 7) is 0. The molecule has 0 fully saturated rings. The van der Waals surface area contributed by atoms with Gasteiger partial charge in [-0.05, 0) is 42.5 Å². The van der Waals surface area contributed by atoms with E-state index in [0.29, 0.717) is 22.0 Å². The van der Waals surface area contributed by atoms with Gasteiger partial charge < -0.3 is 14.5 Å². The van der Waals surface area contributed by atoms with E-state index in [1.165, 1.54) is 31.4 Å². The number of hydrogen-bond donors (Lipinski definition) is 1. The Kier molecular flexibility index (Phi) is 5.75. The lowest BCUT2D eigenvalue weighted by Gasteiger charge is -2.05. The molecule has 0 spiro atoms. The summed E-state index contributed by atoms with van der Waals surface area (Å²) in [5.41, 5.74) is 1.07. The summed E-state index contributed by atoms with van der Waals surface area (Å²) in [6.07, 6.45) is 0. The third kappa shape index (κ3) is 4.53. The Labute approximate surface area is 157 Å². The number of amides is 1. The van der Waals surface area contributed by atoms with Crippen LogP contribution in [-0.2, 0) is 4.79 Å². The van der Waals surface area contributed by atoms with Crippen LogP contribution < -0.4 is 10.1 Å². The third-order valence-corrected chi connectivity index (χ3v) is 4.31. The molecule has 3 aromatic rings.